The highest BCUT2D eigenvalue weighted by atomic mass is 32.2. The van der Waals surface area contributed by atoms with Crippen LogP contribution in [-0.4, -0.2) is 50.9 Å². The molecule has 8 heteroatoms. The zero-order valence-electron chi connectivity index (χ0n) is 15.4. The van der Waals surface area contributed by atoms with Crippen molar-refractivity contribution in [2.45, 2.75) is 19.5 Å². The van der Waals surface area contributed by atoms with Crippen LogP contribution in [0, 0.1) is 0 Å². The van der Waals surface area contributed by atoms with Crippen molar-refractivity contribution in [3.8, 4) is 17.2 Å². The van der Waals surface area contributed by atoms with Gasteiger partial charge < -0.3 is 18.8 Å². The molecule has 26 heavy (non-hydrogen) atoms. The second-order valence-corrected chi connectivity index (χ2v) is 8.21. The van der Waals surface area contributed by atoms with Crippen molar-refractivity contribution < 1.29 is 22.6 Å². The lowest BCUT2D eigenvalue weighted by Gasteiger charge is -2.36. The maximum atomic E-state index is 12.7. The Balaban J connectivity index is 2.21. The molecule has 0 fully saturated rings. The lowest BCUT2D eigenvalue weighted by Crippen LogP contribution is -2.43. The van der Waals surface area contributed by atoms with E-state index in [-0.39, 0.29) is 5.75 Å². The standard InChI is InChI=1S/C18H24N2O5S/c1-5-26(21,22)20-10-9-19-8-6-7-14(19)17(20)13-11-15(23-2)18(25-4)16(12-13)24-3/h6-8,11-12,17H,5,9-10H2,1-4H3. The topological polar surface area (TPSA) is 70.0 Å². The van der Waals surface area contributed by atoms with E-state index in [1.807, 2.05) is 30.5 Å². The van der Waals surface area contributed by atoms with Crippen LogP contribution < -0.4 is 14.2 Å². The molecule has 2 aromatic rings. The molecule has 1 aliphatic rings. The minimum Gasteiger partial charge on any atom is -0.493 e. The van der Waals surface area contributed by atoms with Gasteiger partial charge in [0.1, 0.15) is 0 Å². The molecule has 0 aliphatic carbocycles. The van der Waals surface area contributed by atoms with Crippen LogP contribution in [0.2, 0.25) is 0 Å². The number of methoxy groups -OCH3 is 3. The minimum atomic E-state index is -3.39. The first-order valence-corrected chi connectivity index (χ1v) is 10.0. The summed E-state index contributed by atoms with van der Waals surface area (Å²) in [5, 5.41) is 0. The molecular formula is C18H24N2O5S. The van der Waals surface area contributed by atoms with Gasteiger partial charge in [0.15, 0.2) is 11.5 Å². The SMILES string of the molecule is CCS(=O)(=O)N1CCn2cccc2C1c1cc(OC)c(OC)c(OC)c1. The highest BCUT2D eigenvalue weighted by molar-refractivity contribution is 7.89. The largest absolute Gasteiger partial charge is 0.493 e. The fourth-order valence-electron chi connectivity index (χ4n) is 3.42. The Morgan fingerprint density at radius 1 is 1.08 bits per heavy atom. The molecule has 0 saturated heterocycles. The highest BCUT2D eigenvalue weighted by Gasteiger charge is 2.36. The Labute approximate surface area is 154 Å². The quantitative estimate of drug-likeness (QED) is 0.769. The van der Waals surface area contributed by atoms with Crippen molar-refractivity contribution in [1.29, 1.82) is 0 Å². The lowest BCUT2D eigenvalue weighted by atomic mass is 10.0. The van der Waals surface area contributed by atoms with Crippen molar-refractivity contribution in [3.05, 3.63) is 41.7 Å². The van der Waals surface area contributed by atoms with Crippen LogP contribution in [-0.2, 0) is 16.6 Å². The summed E-state index contributed by atoms with van der Waals surface area (Å²) < 4.78 is 45.4. The van der Waals surface area contributed by atoms with E-state index in [1.54, 1.807) is 32.6 Å². The predicted octanol–water partition coefficient (Wildman–Crippen LogP) is 2.27. The summed E-state index contributed by atoms with van der Waals surface area (Å²) in [7, 11) is 1.25. The van der Waals surface area contributed by atoms with Gasteiger partial charge >= 0.3 is 0 Å². The third-order valence-electron chi connectivity index (χ3n) is 4.72. The molecule has 7 nitrogen and oxygen atoms in total. The molecule has 1 aliphatic heterocycles. The maximum absolute atomic E-state index is 12.7. The number of rotatable bonds is 6. The molecular weight excluding hydrogens is 356 g/mol. The Bertz CT molecular complexity index is 866. The van der Waals surface area contributed by atoms with Gasteiger partial charge in [-0.3, -0.25) is 0 Å². The molecule has 0 N–H and O–H groups in total. The number of sulfonamides is 1. The van der Waals surface area contributed by atoms with Crippen LogP contribution in [0.1, 0.15) is 24.2 Å². The molecule has 0 radical (unpaired) electrons. The predicted molar refractivity (Wildman–Crippen MR) is 98.5 cm³/mol. The van der Waals surface area contributed by atoms with Gasteiger partial charge in [0, 0.05) is 25.0 Å². The average Bonchev–Trinajstić information content (AvgIpc) is 3.14. The third-order valence-corrected chi connectivity index (χ3v) is 6.56. The molecule has 0 spiro atoms. The second kappa shape index (κ2) is 7.20. The van der Waals surface area contributed by atoms with E-state index in [0.717, 1.165) is 11.3 Å². The van der Waals surface area contributed by atoms with Crippen LogP contribution in [0.4, 0.5) is 0 Å². The van der Waals surface area contributed by atoms with Gasteiger partial charge in [-0.2, -0.15) is 4.31 Å². The molecule has 2 heterocycles. The minimum absolute atomic E-state index is 0.0502. The van der Waals surface area contributed by atoms with Gasteiger partial charge in [-0.05, 0) is 36.8 Å². The number of fused-ring (bicyclic) bond motifs is 1. The molecule has 0 bridgehead atoms. The zero-order valence-corrected chi connectivity index (χ0v) is 16.2. The Hall–Kier alpha value is -2.19. The maximum Gasteiger partial charge on any atom is 0.214 e. The van der Waals surface area contributed by atoms with Crippen LogP contribution >= 0.6 is 0 Å². The summed E-state index contributed by atoms with van der Waals surface area (Å²) in [6.45, 7) is 2.71. The summed E-state index contributed by atoms with van der Waals surface area (Å²) in [5.74, 6) is 1.53. The molecule has 0 amide bonds. The highest BCUT2D eigenvalue weighted by Crippen LogP contribution is 2.43. The van der Waals surface area contributed by atoms with E-state index in [2.05, 4.69) is 4.57 Å². The number of aromatic nitrogens is 1. The van der Waals surface area contributed by atoms with E-state index < -0.39 is 16.1 Å². The summed E-state index contributed by atoms with van der Waals surface area (Å²) in [6.07, 6.45) is 1.97. The van der Waals surface area contributed by atoms with E-state index in [1.165, 1.54) is 0 Å². The van der Waals surface area contributed by atoms with Gasteiger partial charge in [-0.15, -0.1) is 0 Å². The number of hydrogen-bond donors (Lipinski definition) is 0. The molecule has 142 valence electrons. The monoisotopic (exact) mass is 380 g/mol. The third kappa shape index (κ3) is 3.03. The van der Waals surface area contributed by atoms with Gasteiger partial charge in [-0.1, -0.05) is 0 Å². The van der Waals surface area contributed by atoms with E-state index >= 15 is 0 Å². The molecule has 1 atom stereocenters. The van der Waals surface area contributed by atoms with E-state index in [0.29, 0.717) is 30.3 Å². The van der Waals surface area contributed by atoms with Crippen molar-refractivity contribution >= 4 is 10.0 Å². The first-order chi connectivity index (χ1) is 12.5. The molecule has 0 saturated carbocycles. The van der Waals surface area contributed by atoms with Crippen molar-refractivity contribution in [2.75, 3.05) is 33.6 Å². The van der Waals surface area contributed by atoms with Crippen LogP contribution in [0.3, 0.4) is 0 Å². The summed E-state index contributed by atoms with van der Waals surface area (Å²) in [5.41, 5.74) is 1.69. The molecule has 1 unspecified atom stereocenters. The number of benzene rings is 1. The fraction of sp³-hybridized carbons (Fsp3) is 0.444. The van der Waals surface area contributed by atoms with Crippen LogP contribution in [0.5, 0.6) is 17.2 Å². The van der Waals surface area contributed by atoms with Gasteiger partial charge in [-0.25, -0.2) is 8.42 Å². The number of hydrogen-bond acceptors (Lipinski definition) is 5. The summed E-state index contributed by atoms with van der Waals surface area (Å²) >= 11 is 0. The van der Waals surface area contributed by atoms with Crippen molar-refractivity contribution in [3.63, 3.8) is 0 Å². The van der Waals surface area contributed by atoms with Crippen molar-refractivity contribution in [1.82, 2.24) is 8.87 Å². The lowest BCUT2D eigenvalue weighted by molar-refractivity contribution is 0.293. The number of ether oxygens (including phenoxy) is 3. The normalized spacial score (nSPS) is 17.6. The molecule has 3 rings (SSSR count). The van der Waals surface area contributed by atoms with Crippen LogP contribution in [0.25, 0.3) is 0 Å². The Morgan fingerprint density at radius 2 is 1.73 bits per heavy atom. The van der Waals surface area contributed by atoms with E-state index in [9.17, 15) is 8.42 Å². The average molecular weight is 380 g/mol. The van der Waals surface area contributed by atoms with Crippen LogP contribution in [0.15, 0.2) is 30.5 Å². The fourth-order valence-corrected chi connectivity index (χ4v) is 4.67. The Kier molecular flexibility index (Phi) is 5.15. The molecule has 1 aromatic carbocycles. The van der Waals surface area contributed by atoms with Gasteiger partial charge in [0.2, 0.25) is 15.8 Å². The van der Waals surface area contributed by atoms with Gasteiger partial charge in [0.05, 0.1) is 33.1 Å². The summed E-state index contributed by atoms with van der Waals surface area (Å²) in [4.78, 5) is 0. The second-order valence-electron chi connectivity index (χ2n) is 6.00. The first kappa shape index (κ1) is 18.6. The first-order valence-electron chi connectivity index (χ1n) is 8.41. The smallest absolute Gasteiger partial charge is 0.214 e. The summed E-state index contributed by atoms with van der Waals surface area (Å²) in [6, 6.07) is 7.06. The molecule has 1 aromatic heterocycles. The zero-order chi connectivity index (χ0) is 18.9. The van der Waals surface area contributed by atoms with Gasteiger partial charge in [0.25, 0.3) is 0 Å². The Morgan fingerprint density at radius 3 is 2.27 bits per heavy atom. The van der Waals surface area contributed by atoms with Crippen molar-refractivity contribution in [2.24, 2.45) is 0 Å². The van der Waals surface area contributed by atoms with E-state index in [4.69, 9.17) is 14.2 Å². The number of nitrogens with zero attached hydrogens (tertiary/aromatic N) is 2.